The highest BCUT2D eigenvalue weighted by molar-refractivity contribution is 9.10. The third-order valence-corrected chi connectivity index (χ3v) is 4.98. The molecule has 4 heteroatoms. The second-order valence-electron chi connectivity index (χ2n) is 6.11. The van der Waals surface area contributed by atoms with Crippen molar-refractivity contribution in [2.75, 3.05) is 20.3 Å². The van der Waals surface area contributed by atoms with Gasteiger partial charge in [-0.3, -0.25) is 0 Å². The predicted molar refractivity (Wildman–Crippen MR) is 83.5 cm³/mol. The minimum atomic E-state index is 0.0465. The maximum absolute atomic E-state index is 5.94. The van der Waals surface area contributed by atoms with Gasteiger partial charge in [0.15, 0.2) is 11.5 Å². The van der Waals surface area contributed by atoms with E-state index in [9.17, 15) is 0 Å². The highest BCUT2D eigenvalue weighted by Crippen LogP contribution is 2.42. The normalized spacial score (nSPS) is 25.8. The Kier molecular flexibility index (Phi) is 3.95. The summed E-state index contributed by atoms with van der Waals surface area (Å²) >= 11 is 3.65. The van der Waals surface area contributed by atoms with E-state index in [1.165, 1.54) is 24.8 Å². The van der Waals surface area contributed by atoms with Gasteiger partial charge in [-0.2, -0.15) is 0 Å². The van der Waals surface area contributed by atoms with Crippen molar-refractivity contribution in [2.24, 2.45) is 5.92 Å². The highest BCUT2D eigenvalue weighted by atomic mass is 79.9. The number of nitrogens with one attached hydrogen (secondary N) is 1. The largest absolute Gasteiger partial charge is 0.493 e. The Morgan fingerprint density at radius 2 is 2.20 bits per heavy atom. The van der Waals surface area contributed by atoms with Crippen molar-refractivity contribution in [2.45, 2.75) is 38.1 Å². The second-order valence-corrected chi connectivity index (χ2v) is 6.96. The molecule has 0 bridgehead atoms. The van der Waals surface area contributed by atoms with Crippen LogP contribution in [-0.4, -0.2) is 20.3 Å². The molecule has 2 aliphatic rings. The molecule has 2 fully saturated rings. The molecule has 1 saturated heterocycles. The number of rotatable bonds is 5. The quantitative estimate of drug-likeness (QED) is 0.883. The molecule has 3 nitrogen and oxygen atoms in total. The van der Waals surface area contributed by atoms with Crippen molar-refractivity contribution in [1.82, 2.24) is 5.32 Å². The van der Waals surface area contributed by atoms with E-state index in [0.29, 0.717) is 0 Å². The first-order valence-corrected chi connectivity index (χ1v) is 8.17. The van der Waals surface area contributed by atoms with Crippen LogP contribution in [0.3, 0.4) is 0 Å². The third kappa shape index (κ3) is 2.82. The summed E-state index contributed by atoms with van der Waals surface area (Å²) in [7, 11) is 1.71. The molecule has 0 radical (unpaired) electrons. The van der Waals surface area contributed by atoms with E-state index in [2.05, 4.69) is 40.3 Å². The van der Waals surface area contributed by atoms with Gasteiger partial charge in [-0.05, 0) is 78.7 Å². The van der Waals surface area contributed by atoms with Crippen molar-refractivity contribution >= 4 is 15.9 Å². The molecule has 1 heterocycles. The standard InChI is InChI=1S/C16H22BrNO2/c1-16(6-3-7-18-16)12-8-13(17)15(14(9-12)19-2)20-10-11-4-5-11/h8-9,11,18H,3-7,10H2,1-2H3. The van der Waals surface area contributed by atoms with Gasteiger partial charge in [0.2, 0.25) is 0 Å². The van der Waals surface area contributed by atoms with E-state index in [-0.39, 0.29) is 5.54 Å². The number of methoxy groups -OCH3 is 1. The summed E-state index contributed by atoms with van der Waals surface area (Å²) in [4.78, 5) is 0. The van der Waals surface area contributed by atoms with E-state index in [1.54, 1.807) is 7.11 Å². The van der Waals surface area contributed by atoms with Crippen LogP contribution in [0, 0.1) is 5.92 Å². The Hall–Kier alpha value is -0.740. The van der Waals surface area contributed by atoms with Gasteiger partial charge in [0.1, 0.15) is 0 Å². The summed E-state index contributed by atoms with van der Waals surface area (Å²) < 4.78 is 12.5. The van der Waals surface area contributed by atoms with Gasteiger partial charge < -0.3 is 14.8 Å². The number of hydrogen-bond acceptors (Lipinski definition) is 3. The fourth-order valence-electron chi connectivity index (χ4n) is 2.81. The minimum absolute atomic E-state index is 0.0465. The Balaban J connectivity index is 1.87. The molecule has 3 rings (SSSR count). The Labute approximate surface area is 129 Å². The molecule has 110 valence electrons. The zero-order valence-electron chi connectivity index (χ0n) is 12.2. The summed E-state index contributed by atoms with van der Waals surface area (Å²) in [6.07, 6.45) is 4.96. The first kappa shape index (κ1) is 14.2. The van der Waals surface area contributed by atoms with E-state index < -0.39 is 0 Å². The summed E-state index contributed by atoms with van der Waals surface area (Å²) in [5, 5.41) is 3.59. The lowest BCUT2D eigenvalue weighted by Crippen LogP contribution is -2.33. The first-order chi connectivity index (χ1) is 9.62. The molecule has 20 heavy (non-hydrogen) atoms. The van der Waals surface area contributed by atoms with Crippen LogP contribution in [0.15, 0.2) is 16.6 Å². The Morgan fingerprint density at radius 3 is 2.80 bits per heavy atom. The topological polar surface area (TPSA) is 30.5 Å². The average Bonchev–Trinajstić information content (AvgIpc) is 3.16. The predicted octanol–water partition coefficient (Wildman–Crippen LogP) is 3.85. The molecular formula is C16H22BrNO2. The van der Waals surface area contributed by atoms with E-state index in [0.717, 1.165) is 41.5 Å². The van der Waals surface area contributed by atoms with Gasteiger partial charge in [0.05, 0.1) is 18.2 Å². The second kappa shape index (κ2) is 5.57. The molecule has 1 N–H and O–H groups in total. The first-order valence-electron chi connectivity index (χ1n) is 7.38. The summed E-state index contributed by atoms with van der Waals surface area (Å²) in [5.74, 6) is 2.40. The van der Waals surface area contributed by atoms with E-state index in [4.69, 9.17) is 9.47 Å². The lowest BCUT2D eigenvalue weighted by Gasteiger charge is -2.26. The van der Waals surface area contributed by atoms with E-state index >= 15 is 0 Å². The van der Waals surface area contributed by atoms with Crippen LogP contribution in [0.4, 0.5) is 0 Å². The van der Waals surface area contributed by atoms with Crippen molar-refractivity contribution in [3.8, 4) is 11.5 Å². The molecule has 1 aliphatic heterocycles. The van der Waals surface area contributed by atoms with Crippen molar-refractivity contribution < 1.29 is 9.47 Å². The molecule has 1 aromatic carbocycles. The smallest absolute Gasteiger partial charge is 0.175 e. The number of hydrogen-bond donors (Lipinski definition) is 1. The summed E-state index contributed by atoms with van der Waals surface area (Å²) in [6, 6.07) is 4.29. The van der Waals surface area contributed by atoms with Gasteiger partial charge in [-0.1, -0.05) is 0 Å². The number of halogens is 1. The van der Waals surface area contributed by atoms with Crippen molar-refractivity contribution in [3.05, 3.63) is 22.2 Å². The number of benzene rings is 1. The molecule has 0 amide bonds. The van der Waals surface area contributed by atoms with Crippen LogP contribution in [0.2, 0.25) is 0 Å². The monoisotopic (exact) mass is 339 g/mol. The fourth-order valence-corrected chi connectivity index (χ4v) is 3.36. The highest BCUT2D eigenvalue weighted by Gasteiger charge is 2.32. The molecule has 1 aromatic rings. The van der Waals surface area contributed by atoms with Gasteiger partial charge in [-0.15, -0.1) is 0 Å². The van der Waals surface area contributed by atoms with Gasteiger partial charge in [0.25, 0.3) is 0 Å². The average molecular weight is 340 g/mol. The molecule has 1 unspecified atom stereocenters. The van der Waals surface area contributed by atoms with Crippen LogP contribution in [0.5, 0.6) is 11.5 Å². The molecule has 1 aliphatic carbocycles. The molecule has 0 spiro atoms. The zero-order valence-corrected chi connectivity index (χ0v) is 13.8. The van der Waals surface area contributed by atoms with Crippen LogP contribution in [0.1, 0.15) is 38.2 Å². The van der Waals surface area contributed by atoms with E-state index in [1.807, 2.05) is 0 Å². The van der Waals surface area contributed by atoms with Gasteiger partial charge in [-0.25, -0.2) is 0 Å². The molecule has 1 saturated carbocycles. The minimum Gasteiger partial charge on any atom is -0.493 e. The lowest BCUT2D eigenvalue weighted by molar-refractivity contribution is 0.277. The molecule has 1 atom stereocenters. The third-order valence-electron chi connectivity index (χ3n) is 4.40. The maximum atomic E-state index is 5.94. The Morgan fingerprint density at radius 1 is 1.40 bits per heavy atom. The maximum Gasteiger partial charge on any atom is 0.175 e. The zero-order chi connectivity index (χ0) is 14.2. The van der Waals surface area contributed by atoms with Crippen LogP contribution < -0.4 is 14.8 Å². The number of ether oxygens (including phenoxy) is 2. The Bertz CT molecular complexity index is 493. The SMILES string of the molecule is COc1cc(C2(C)CCCN2)cc(Br)c1OCC1CC1. The van der Waals surface area contributed by atoms with Crippen molar-refractivity contribution in [3.63, 3.8) is 0 Å². The molecule has 0 aromatic heterocycles. The van der Waals surface area contributed by atoms with Crippen LogP contribution >= 0.6 is 15.9 Å². The van der Waals surface area contributed by atoms with Crippen LogP contribution in [-0.2, 0) is 5.54 Å². The van der Waals surface area contributed by atoms with Gasteiger partial charge >= 0.3 is 0 Å². The van der Waals surface area contributed by atoms with Gasteiger partial charge in [0, 0.05) is 5.54 Å². The summed E-state index contributed by atoms with van der Waals surface area (Å²) in [5.41, 5.74) is 1.31. The van der Waals surface area contributed by atoms with Crippen LogP contribution in [0.25, 0.3) is 0 Å². The molecular weight excluding hydrogens is 318 g/mol. The summed E-state index contributed by atoms with van der Waals surface area (Å²) in [6.45, 7) is 4.13. The lowest BCUT2D eigenvalue weighted by atomic mass is 9.90. The fraction of sp³-hybridized carbons (Fsp3) is 0.625. The van der Waals surface area contributed by atoms with Crippen molar-refractivity contribution in [1.29, 1.82) is 0 Å².